The van der Waals surface area contributed by atoms with Gasteiger partial charge < -0.3 is 19.4 Å². The number of fused-ring (bicyclic) bond motifs is 2. The zero-order chi connectivity index (χ0) is 22.6. The summed E-state index contributed by atoms with van der Waals surface area (Å²) in [6, 6.07) is 15.6. The van der Waals surface area contributed by atoms with E-state index in [4.69, 9.17) is 14.5 Å². The van der Waals surface area contributed by atoms with Crippen molar-refractivity contribution in [2.45, 2.75) is 25.8 Å². The third kappa shape index (κ3) is 4.79. The second kappa shape index (κ2) is 9.28. The van der Waals surface area contributed by atoms with Crippen molar-refractivity contribution < 1.29 is 18.7 Å². The first-order valence-electron chi connectivity index (χ1n) is 10.9. The molecule has 0 unspecified atom stereocenters. The highest BCUT2D eigenvalue weighted by Crippen LogP contribution is 2.32. The van der Waals surface area contributed by atoms with Crippen molar-refractivity contribution in [3.63, 3.8) is 0 Å². The Kier molecular flexibility index (Phi) is 5.89. The number of aromatic nitrogens is 3. The van der Waals surface area contributed by atoms with Crippen molar-refractivity contribution in [2.24, 2.45) is 0 Å². The van der Waals surface area contributed by atoms with E-state index in [1.165, 1.54) is 12.1 Å². The lowest BCUT2D eigenvalue weighted by atomic mass is 10.2. The molecular formula is C25H23FN4O3. The topological polar surface area (TPSA) is 78.3 Å². The van der Waals surface area contributed by atoms with E-state index in [-0.39, 0.29) is 11.7 Å². The minimum Gasteiger partial charge on any atom is -0.486 e. The van der Waals surface area contributed by atoms with E-state index in [0.717, 1.165) is 22.6 Å². The Morgan fingerprint density at radius 1 is 1.06 bits per heavy atom. The fourth-order valence-corrected chi connectivity index (χ4v) is 3.89. The maximum Gasteiger partial charge on any atom is 0.224 e. The number of amides is 1. The van der Waals surface area contributed by atoms with Crippen LogP contribution in [0.1, 0.15) is 24.2 Å². The molecule has 1 aliphatic rings. The van der Waals surface area contributed by atoms with Crippen molar-refractivity contribution >= 4 is 22.8 Å². The summed E-state index contributed by atoms with van der Waals surface area (Å²) in [5.41, 5.74) is 3.21. The molecule has 0 aliphatic carbocycles. The van der Waals surface area contributed by atoms with Crippen LogP contribution in [0.25, 0.3) is 11.2 Å². The second-order valence-electron chi connectivity index (χ2n) is 7.85. The number of nitrogens with zero attached hydrogens (tertiary/aromatic N) is 3. The van der Waals surface area contributed by atoms with Crippen LogP contribution in [0.15, 0.2) is 60.8 Å². The fraction of sp³-hybridized carbons (Fsp3) is 0.240. The molecule has 33 heavy (non-hydrogen) atoms. The molecule has 0 bridgehead atoms. The number of hydrogen-bond acceptors (Lipinski definition) is 5. The Morgan fingerprint density at radius 3 is 2.73 bits per heavy atom. The minimum absolute atomic E-state index is 0.0778. The number of pyridine rings is 1. The highest BCUT2D eigenvalue weighted by molar-refractivity contribution is 5.91. The minimum atomic E-state index is -0.267. The van der Waals surface area contributed by atoms with Crippen molar-refractivity contribution in [1.82, 2.24) is 14.5 Å². The molecule has 2 aromatic heterocycles. The number of rotatable bonds is 7. The predicted octanol–water partition coefficient (Wildman–Crippen LogP) is 4.35. The number of aryl methyl sites for hydroxylation is 1. The Bertz CT molecular complexity index is 1290. The third-order valence-electron chi connectivity index (χ3n) is 5.47. The van der Waals surface area contributed by atoms with Gasteiger partial charge in [0.15, 0.2) is 17.1 Å². The van der Waals surface area contributed by atoms with Crippen LogP contribution in [0.3, 0.4) is 0 Å². The average Bonchev–Trinajstić information content (AvgIpc) is 3.17. The van der Waals surface area contributed by atoms with Gasteiger partial charge in [-0.3, -0.25) is 4.79 Å². The van der Waals surface area contributed by atoms with E-state index in [9.17, 15) is 9.18 Å². The molecule has 7 nitrogen and oxygen atoms in total. The second-order valence-corrected chi connectivity index (χ2v) is 7.85. The van der Waals surface area contributed by atoms with E-state index < -0.39 is 0 Å². The van der Waals surface area contributed by atoms with E-state index in [1.54, 1.807) is 36.5 Å². The number of nitrogens with one attached hydrogen (secondary N) is 1. The van der Waals surface area contributed by atoms with Gasteiger partial charge in [-0.2, -0.15) is 0 Å². The summed E-state index contributed by atoms with van der Waals surface area (Å²) in [7, 11) is 0. The van der Waals surface area contributed by atoms with Crippen LogP contribution >= 0.6 is 0 Å². The van der Waals surface area contributed by atoms with Crippen molar-refractivity contribution in [2.75, 3.05) is 18.5 Å². The largest absolute Gasteiger partial charge is 0.486 e. The normalized spacial score (nSPS) is 12.6. The van der Waals surface area contributed by atoms with Crippen LogP contribution < -0.4 is 14.8 Å². The molecule has 1 amide bonds. The molecule has 1 aliphatic heterocycles. The maximum absolute atomic E-state index is 13.3. The van der Waals surface area contributed by atoms with Gasteiger partial charge in [-0.05, 0) is 48.4 Å². The zero-order valence-corrected chi connectivity index (χ0v) is 18.0. The van der Waals surface area contributed by atoms with Crippen molar-refractivity contribution in [3.8, 4) is 11.5 Å². The Balaban J connectivity index is 1.24. The number of benzene rings is 2. The number of ether oxygens (including phenoxy) is 2. The SMILES string of the molecule is O=C(CCCc1nc2cccnc2n1Cc1ccc(F)cc1)Nc1ccc2c(c1)OCCO2. The molecular weight excluding hydrogens is 423 g/mol. The summed E-state index contributed by atoms with van der Waals surface area (Å²) in [5, 5.41) is 2.92. The molecule has 0 fully saturated rings. The quantitative estimate of drug-likeness (QED) is 0.457. The van der Waals surface area contributed by atoms with Gasteiger partial charge in [-0.25, -0.2) is 14.4 Å². The monoisotopic (exact) mass is 446 g/mol. The molecule has 0 atom stereocenters. The number of hydrogen-bond donors (Lipinski definition) is 1. The molecule has 5 rings (SSSR count). The Morgan fingerprint density at radius 2 is 1.88 bits per heavy atom. The lowest BCUT2D eigenvalue weighted by Gasteiger charge is -2.19. The molecule has 2 aromatic carbocycles. The first-order valence-corrected chi connectivity index (χ1v) is 10.9. The van der Waals surface area contributed by atoms with E-state index in [2.05, 4.69) is 10.3 Å². The zero-order valence-electron chi connectivity index (χ0n) is 18.0. The van der Waals surface area contributed by atoms with Gasteiger partial charge in [-0.15, -0.1) is 0 Å². The van der Waals surface area contributed by atoms with Crippen LogP contribution in [-0.4, -0.2) is 33.7 Å². The lowest BCUT2D eigenvalue weighted by molar-refractivity contribution is -0.116. The molecule has 1 N–H and O–H groups in total. The molecule has 0 saturated carbocycles. The smallest absolute Gasteiger partial charge is 0.224 e. The van der Waals surface area contributed by atoms with Gasteiger partial charge in [0.2, 0.25) is 5.91 Å². The summed E-state index contributed by atoms with van der Waals surface area (Å²) in [4.78, 5) is 21.7. The molecule has 0 radical (unpaired) electrons. The standard InChI is InChI=1S/C25H23FN4O3/c26-18-8-6-17(7-9-18)16-30-23(29-20-3-2-12-27-25(20)30)4-1-5-24(31)28-19-10-11-21-22(15-19)33-14-13-32-21/h2-3,6-12,15H,1,4-5,13-14,16H2,(H,28,31). The highest BCUT2D eigenvalue weighted by Gasteiger charge is 2.15. The van der Waals surface area contributed by atoms with Gasteiger partial charge in [0.25, 0.3) is 0 Å². The summed E-state index contributed by atoms with van der Waals surface area (Å²) in [6.45, 7) is 1.56. The number of carbonyl (C=O) groups excluding carboxylic acids is 1. The Labute approximate surface area is 190 Å². The van der Waals surface area contributed by atoms with Gasteiger partial charge >= 0.3 is 0 Å². The van der Waals surface area contributed by atoms with E-state index >= 15 is 0 Å². The molecule has 0 saturated heterocycles. The summed E-state index contributed by atoms with van der Waals surface area (Å²) in [5.74, 6) is 1.83. The lowest BCUT2D eigenvalue weighted by Crippen LogP contribution is -2.16. The highest BCUT2D eigenvalue weighted by atomic mass is 19.1. The summed E-state index contributed by atoms with van der Waals surface area (Å²) >= 11 is 0. The van der Waals surface area contributed by atoms with Crippen LogP contribution in [-0.2, 0) is 17.8 Å². The molecule has 4 aromatic rings. The van der Waals surface area contributed by atoms with Crippen LogP contribution in [0.5, 0.6) is 11.5 Å². The number of carbonyl (C=O) groups is 1. The van der Waals surface area contributed by atoms with Crippen LogP contribution in [0.2, 0.25) is 0 Å². The molecule has 3 heterocycles. The van der Waals surface area contributed by atoms with E-state index in [1.807, 2.05) is 16.7 Å². The summed E-state index contributed by atoms with van der Waals surface area (Å²) in [6.07, 6.45) is 3.33. The fourth-order valence-electron chi connectivity index (χ4n) is 3.89. The van der Waals surface area contributed by atoms with Gasteiger partial charge in [0, 0.05) is 30.8 Å². The molecule has 8 heteroatoms. The van der Waals surface area contributed by atoms with E-state index in [0.29, 0.717) is 56.2 Å². The molecule has 0 spiro atoms. The maximum atomic E-state index is 13.3. The molecule has 168 valence electrons. The van der Waals surface area contributed by atoms with Crippen LogP contribution in [0, 0.1) is 5.82 Å². The average molecular weight is 446 g/mol. The number of anilines is 1. The van der Waals surface area contributed by atoms with Crippen LogP contribution in [0.4, 0.5) is 10.1 Å². The predicted molar refractivity (Wildman–Crippen MR) is 122 cm³/mol. The third-order valence-corrected chi connectivity index (χ3v) is 5.47. The van der Waals surface area contributed by atoms with Crippen molar-refractivity contribution in [1.29, 1.82) is 0 Å². The Hall–Kier alpha value is -3.94. The van der Waals surface area contributed by atoms with Gasteiger partial charge in [-0.1, -0.05) is 12.1 Å². The first kappa shape index (κ1) is 20.9. The van der Waals surface area contributed by atoms with Gasteiger partial charge in [0.1, 0.15) is 30.4 Å². The summed E-state index contributed by atoms with van der Waals surface area (Å²) < 4.78 is 26.4. The first-order chi connectivity index (χ1) is 16.2. The number of imidazole rings is 1. The van der Waals surface area contributed by atoms with Gasteiger partial charge in [0.05, 0.1) is 6.54 Å². The number of halogens is 1. The van der Waals surface area contributed by atoms with Crippen molar-refractivity contribution in [3.05, 3.63) is 78.0 Å².